The van der Waals surface area contributed by atoms with Crippen molar-refractivity contribution in [1.29, 1.82) is 0 Å². The molecule has 2 nitrogen and oxygen atoms in total. The Morgan fingerprint density at radius 2 is 1.74 bits per heavy atom. The molecule has 0 spiro atoms. The topological polar surface area (TPSA) is 15.3 Å². The van der Waals surface area contributed by atoms with Crippen LogP contribution in [0.5, 0.6) is 0 Å². The summed E-state index contributed by atoms with van der Waals surface area (Å²) in [4.78, 5) is 1.61. The third kappa shape index (κ3) is 7.78. The lowest BCUT2D eigenvalue weighted by Crippen LogP contribution is -2.45. The van der Waals surface area contributed by atoms with Crippen molar-refractivity contribution in [2.75, 3.05) is 26.2 Å². The van der Waals surface area contributed by atoms with Crippen molar-refractivity contribution in [2.45, 2.75) is 52.8 Å². The highest BCUT2D eigenvalue weighted by atomic mass is 19.4. The molecule has 0 atom stereocenters. The van der Waals surface area contributed by atoms with Gasteiger partial charge in [-0.1, -0.05) is 27.7 Å². The van der Waals surface area contributed by atoms with Crippen molar-refractivity contribution >= 4 is 0 Å². The van der Waals surface area contributed by atoms with Crippen molar-refractivity contribution < 1.29 is 13.2 Å². The van der Waals surface area contributed by atoms with Crippen molar-refractivity contribution in [1.82, 2.24) is 10.2 Å². The molecule has 1 N–H and O–H groups in total. The molecule has 0 aliphatic heterocycles. The third-order valence-corrected chi connectivity index (χ3v) is 3.23. The van der Waals surface area contributed by atoms with E-state index in [0.717, 1.165) is 25.9 Å². The van der Waals surface area contributed by atoms with Gasteiger partial charge in [-0.05, 0) is 30.7 Å². The molecule has 114 valence electrons. The molecule has 0 radical (unpaired) electrons. The van der Waals surface area contributed by atoms with Gasteiger partial charge >= 0.3 is 6.18 Å². The summed E-state index contributed by atoms with van der Waals surface area (Å²) in [5.41, 5.74) is -0.136. The second-order valence-electron chi connectivity index (χ2n) is 6.94. The maximum Gasteiger partial charge on any atom is 0.401 e. The van der Waals surface area contributed by atoms with Crippen LogP contribution in [0.1, 0.15) is 40.5 Å². The first kappa shape index (κ1) is 16.8. The number of halogens is 3. The third-order valence-electron chi connectivity index (χ3n) is 3.23. The van der Waals surface area contributed by atoms with E-state index in [1.807, 2.05) is 13.8 Å². The summed E-state index contributed by atoms with van der Waals surface area (Å²) in [7, 11) is 0. The van der Waals surface area contributed by atoms with Crippen LogP contribution in [0.25, 0.3) is 0 Å². The van der Waals surface area contributed by atoms with Crippen LogP contribution >= 0.6 is 0 Å². The maximum atomic E-state index is 12.6. The van der Waals surface area contributed by atoms with Gasteiger partial charge < -0.3 is 5.32 Å². The number of nitrogens with zero attached hydrogens (tertiary/aromatic N) is 1. The summed E-state index contributed by atoms with van der Waals surface area (Å²) < 4.78 is 37.7. The average molecular weight is 280 g/mol. The molecule has 0 saturated heterocycles. The largest absolute Gasteiger partial charge is 0.401 e. The van der Waals surface area contributed by atoms with Crippen LogP contribution in [-0.2, 0) is 0 Å². The molecular formula is C14H27F3N2. The first-order valence-electron chi connectivity index (χ1n) is 7.10. The van der Waals surface area contributed by atoms with Crippen LogP contribution in [0.4, 0.5) is 13.2 Å². The summed E-state index contributed by atoms with van der Waals surface area (Å²) in [5, 5.41) is 3.34. The second kappa shape index (κ2) is 6.44. The van der Waals surface area contributed by atoms with E-state index in [2.05, 4.69) is 19.2 Å². The van der Waals surface area contributed by atoms with Crippen LogP contribution in [-0.4, -0.2) is 43.3 Å². The molecule has 1 fully saturated rings. The van der Waals surface area contributed by atoms with Gasteiger partial charge in [0.2, 0.25) is 0 Å². The van der Waals surface area contributed by atoms with E-state index >= 15 is 0 Å². The molecule has 0 unspecified atom stereocenters. The summed E-state index contributed by atoms with van der Waals surface area (Å²) in [6.07, 6.45) is -2.28. The molecule has 0 aromatic rings. The average Bonchev–Trinajstić information content (AvgIpc) is 2.94. The van der Waals surface area contributed by atoms with Gasteiger partial charge in [0.15, 0.2) is 0 Å². The van der Waals surface area contributed by atoms with Gasteiger partial charge in [0.05, 0.1) is 6.54 Å². The van der Waals surface area contributed by atoms with Gasteiger partial charge in [0.25, 0.3) is 0 Å². The van der Waals surface area contributed by atoms with E-state index in [0.29, 0.717) is 12.5 Å². The van der Waals surface area contributed by atoms with E-state index in [1.165, 1.54) is 0 Å². The fraction of sp³-hybridized carbons (Fsp3) is 1.00. The predicted octanol–water partition coefficient (Wildman–Crippen LogP) is 3.28. The van der Waals surface area contributed by atoms with E-state index in [1.54, 1.807) is 4.90 Å². The summed E-state index contributed by atoms with van der Waals surface area (Å²) in [6.45, 7) is 9.71. The molecule has 19 heavy (non-hydrogen) atoms. The smallest absolute Gasteiger partial charge is 0.316 e. The molecule has 1 aliphatic rings. The van der Waals surface area contributed by atoms with Crippen LogP contribution in [0.15, 0.2) is 0 Å². The van der Waals surface area contributed by atoms with E-state index < -0.39 is 12.7 Å². The Labute approximate surface area is 114 Å². The molecule has 0 bridgehead atoms. The molecule has 0 heterocycles. The Bertz CT molecular complexity index is 270. The first-order valence-corrected chi connectivity index (χ1v) is 7.10. The molecular weight excluding hydrogens is 253 g/mol. The zero-order chi connectivity index (χ0) is 14.7. The standard InChI is InChI=1S/C14H27F3N2/c1-11(2)7-18-8-13(3,4)9-19(12-5-6-12)10-14(15,16)17/h11-12,18H,5-10H2,1-4H3. The monoisotopic (exact) mass is 280 g/mol. The molecule has 0 aromatic carbocycles. The summed E-state index contributed by atoms with van der Waals surface area (Å²) in [6, 6.07) is 0.144. The Hall–Kier alpha value is -0.290. The van der Waals surface area contributed by atoms with Crippen LogP contribution in [0.3, 0.4) is 0 Å². The van der Waals surface area contributed by atoms with Gasteiger partial charge in [-0.25, -0.2) is 0 Å². The Balaban J connectivity index is 2.43. The Morgan fingerprint density at radius 1 is 1.16 bits per heavy atom. The van der Waals surface area contributed by atoms with Crippen molar-refractivity contribution in [3.63, 3.8) is 0 Å². The number of nitrogens with one attached hydrogen (secondary N) is 1. The van der Waals surface area contributed by atoms with E-state index in [-0.39, 0.29) is 11.5 Å². The zero-order valence-corrected chi connectivity index (χ0v) is 12.5. The first-order chi connectivity index (χ1) is 8.59. The zero-order valence-electron chi connectivity index (χ0n) is 12.5. The lowest BCUT2D eigenvalue weighted by Gasteiger charge is -2.33. The van der Waals surface area contributed by atoms with Gasteiger partial charge in [0.1, 0.15) is 0 Å². The number of hydrogen-bond donors (Lipinski definition) is 1. The number of alkyl halides is 3. The lowest BCUT2D eigenvalue weighted by atomic mass is 9.92. The quantitative estimate of drug-likeness (QED) is 0.734. The fourth-order valence-electron chi connectivity index (χ4n) is 2.29. The summed E-state index contributed by atoms with van der Waals surface area (Å²) >= 11 is 0. The minimum absolute atomic E-state index is 0.136. The number of hydrogen-bond acceptors (Lipinski definition) is 2. The maximum absolute atomic E-state index is 12.6. The van der Waals surface area contributed by atoms with E-state index in [4.69, 9.17) is 0 Å². The van der Waals surface area contributed by atoms with Crippen molar-refractivity contribution in [3.05, 3.63) is 0 Å². The van der Waals surface area contributed by atoms with Crippen molar-refractivity contribution in [3.8, 4) is 0 Å². The van der Waals surface area contributed by atoms with Crippen LogP contribution in [0, 0.1) is 11.3 Å². The predicted molar refractivity (Wildman–Crippen MR) is 72.1 cm³/mol. The highest BCUT2D eigenvalue weighted by molar-refractivity contribution is 4.89. The van der Waals surface area contributed by atoms with Gasteiger partial charge in [-0.15, -0.1) is 0 Å². The van der Waals surface area contributed by atoms with E-state index in [9.17, 15) is 13.2 Å². The normalized spacial score (nSPS) is 17.5. The minimum Gasteiger partial charge on any atom is -0.316 e. The van der Waals surface area contributed by atoms with Crippen LogP contribution in [0.2, 0.25) is 0 Å². The Kier molecular flexibility index (Phi) is 5.68. The molecule has 0 amide bonds. The second-order valence-corrected chi connectivity index (χ2v) is 6.94. The SMILES string of the molecule is CC(C)CNCC(C)(C)CN(CC(F)(F)F)C1CC1. The highest BCUT2D eigenvalue weighted by Gasteiger charge is 2.39. The number of rotatable bonds is 8. The minimum atomic E-state index is -4.09. The molecule has 1 saturated carbocycles. The van der Waals surface area contributed by atoms with Gasteiger partial charge in [-0.3, -0.25) is 4.90 Å². The van der Waals surface area contributed by atoms with Gasteiger partial charge in [-0.2, -0.15) is 13.2 Å². The van der Waals surface area contributed by atoms with Crippen molar-refractivity contribution in [2.24, 2.45) is 11.3 Å². The summed E-state index contributed by atoms with van der Waals surface area (Å²) in [5.74, 6) is 0.561. The van der Waals surface area contributed by atoms with Crippen LogP contribution < -0.4 is 5.32 Å². The lowest BCUT2D eigenvalue weighted by molar-refractivity contribution is -0.149. The molecule has 1 aliphatic carbocycles. The Morgan fingerprint density at radius 3 is 2.16 bits per heavy atom. The highest BCUT2D eigenvalue weighted by Crippen LogP contribution is 2.32. The molecule has 0 aromatic heterocycles. The molecule has 1 rings (SSSR count). The fourth-order valence-corrected chi connectivity index (χ4v) is 2.29. The molecule has 5 heteroatoms. The van der Waals surface area contributed by atoms with Gasteiger partial charge in [0, 0.05) is 19.1 Å².